The van der Waals surface area contributed by atoms with Crippen LogP contribution in [0.3, 0.4) is 0 Å². The average Bonchev–Trinajstić information content (AvgIpc) is 3.37. The molecule has 47 heavy (non-hydrogen) atoms. The molecule has 8 rings (SSSR count). The molecule has 0 saturated heterocycles. The highest BCUT2D eigenvalue weighted by Gasteiger charge is 2.35. The Morgan fingerprint density at radius 1 is 0.426 bits per heavy atom. The molecule has 0 radical (unpaired) electrons. The largest absolute Gasteiger partial charge is 0.238 e. The molecular weight excluding hydrogens is 573 g/mol. The number of benzene rings is 6. The van der Waals surface area contributed by atoms with Gasteiger partial charge in [0.05, 0.1) is 6.57 Å². The lowest BCUT2D eigenvalue weighted by atomic mass is 9.82. The number of hydrogen-bond donors (Lipinski definition) is 0. The summed E-state index contributed by atoms with van der Waals surface area (Å²) in [5.41, 5.74) is 12.7. The maximum atomic E-state index is 7.54. The summed E-state index contributed by atoms with van der Waals surface area (Å²) in [6, 6.07) is 49.9. The summed E-state index contributed by atoms with van der Waals surface area (Å²) in [4.78, 5) is 18.7. The minimum Gasteiger partial charge on any atom is -0.238 e. The Morgan fingerprint density at radius 2 is 0.915 bits per heavy atom. The zero-order chi connectivity index (χ0) is 32.0. The van der Waals surface area contributed by atoms with Crippen LogP contribution in [-0.4, -0.2) is 15.0 Å². The molecule has 0 fully saturated rings. The molecule has 0 bridgehead atoms. The van der Waals surface area contributed by atoms with Gasteiger partial charge in [-0.15, -0.1) is 0 Å². The highest BCUT2D eigenvalue weighted by atomic mass is 15.0. The third-order valence-electron chi connectivity index (χ3n) is 9.19. The summed E-state index contributed by atoms with van der Waals surface area (Å²) in [5.74, 6) is 1.90. The van der Waals surface area contributed by atoms with Gasteiger partial charge in [0.1, 0.15) is 0 Å². The lowest BCUT2D eigenvalue weighted by Gasteiger charge is -2.21. The fraction of sp³-hybridized carbons (Fsp3) is 0.0698. The van der Waals surface area contributed by atoms with E-state index in [1.165, 1.54) is 16.7 Å². The quantitative estimate of drug-likeness (QED) is 0.184. The van der Waals surface area contributed by atoms with Crippen LogP contribution >= 0.6 is 0 Å². The SMILES string of the molecule is [C-]#[N+]c1ccc2c(c1)-c1cc(-c3ccc(-c4nc(-c5ccccc5)nc(-c5ccccc5-c5ccccc5)n4)cc3)ccc1C2(C)C. The summed E-state index contributed by atoms with van der Waals surface area (Å²) in [5, 5.41) is 0. The van der Waals surface area contributed by atoms with Crippen LogP contribution in [0.2, 0.25) is 0 Å². The van der Waals surface area contributed by atoms with Gasteiger partial charge in [0.2, 0.25) is 0 Å². The minimum atomic E-state index is -0.112. The van der Waals surface area contributed by atoms with E-state index in [-0.39, 0.29) is 5.41 Å². The molecule has 0 unspecified atom stereocenters. The third kappa shape index (κ3) is 4.99. The summed E-state index contributed by atoms with van der Waals surface area (Å²) >= 11 is 0. The number of nitrogens with zero attached hydrogens (tertiary/aromatic N) is 4. The van der Waals surface area contributed by atoms with Crippen LogP contribution in [0, 0.1) is 6.57 Å². The first kappa shape index (κ1) is 28.3. The van der Waals surface area contributed by atoms with Gasteiger partial charge in [-0.05, 0) is 56.6 Å². The molecule has 0 aliphatic heterocycles. The molecule has 1 aliphatic rings. The van der Waals surface area contributed by atoms with Crippen molar-refractivity contribution in [3.8, 4) is 67.5 Å². The molecule has 0 spiro atoms. The van der Waals surface area contributed by atoms with E-state index in [2.05, 4.69) is 91.5 Å². The second kappa shape index (κ2) is 11.3. The Morgan fingerprint density at radius 3 is 1.57 bits per heavy atom. The lowest BCUT2D eigenvalue weighted by molar-refractivity contribution is 0.660. The van der Waals surface area contributed by atoms with Crippen molar-refractivity contribution in [2.75, 3.05) is 0 Å². The molecule has 1 aromatic heterocycles. The van der Waals surface area contributed by atoms with Crippen molar-refractivity contribution in [3.05, 3.63) is 168 Å². The van der Waals surface area contributed by atoms with Gasteiger partial charge in [-0.2, -0.15) is 0 Å². The van der Waals surface area contributed by atoms with Gasteiger partial charge >= 0.3 is 0 Å². The summed E-state index contributed by atoms with van der Waals surface area (Å²) < 4.78 is 0. The second-order valence-electron chi connectivity index (χ2n) is 12.4. The highest BCUT2D eigenvalue weighted by Crippen LogP contribution is 2.50. The van der Waals surface area contributed by atoms with E-state index < -0.39 is 0 Å². The molecule has 1 aliphatic carbocycles. The molecule has 222 valence electrons. The van der Waals surface area contributed by atoms with Gasteiger partial charge < -0.3 is 0 Å². The zero-order valence-corrected chi connectivity index (χ0v) is 26.1. The van der Waals surface area contributed by atoms with E-state index in [0.717, 1.165) is 44.5 Å². The van der Waals surface area contributed by atoms with Crippen LogP contribution in [0.4, 0.5) is 5.69 Å². The molecule has 0 atom stereocenters. The minimum absolute atomic E-state index is 0.112. The van der Waals surface area contributed by atoms with E-state index >= 15 is 0 Å². The van der Waals surface area contributed by atoms with Crippen molar-refractivity contribution in [3.63, 3.8) is 0 Å². The van der Waals surface area contributed by atoms with Crippen molar-refractivity contribution in [1.82, 2.24) is 15.0 Å². The maximum absolute atomic E-state index is 7.54. The first-order valence-electron chi connectivity index (χ1n) is 15.7. The second-order valence-corrected chi connectivity index (χ2v) is 12.4. The van der Waals surface area contributed by atoms with Crippen molar-refractivity contribution < 1.29 is 0 Å². The Hall–Kier alpha value is -6.18. The number of rotatable bonds is 5. The molecule has 0 saturated carbocycles. The third-order valence-corrected chi connectivity index (χ3v) is 9.19. The van der Waals surface area contributed by atoms with Crippen LogP contribution in [0.15, 0.2) is 146 Å². The van der Waals surface area contributed by atoms with Crippen molar-refractivity contribution in [1.29, 1.82) is 0 Å². The molecule has 0 N–H and O–H groups in total. The Balaban J connectivity index is 1.21. The van der Waals surface area contributed by atoms with E-state index in [9.17, 15) is 0 Å². The van der Waals surface area contributed by atoms with Gasteiger partial charge in [-0.1, -0.05) is 147 Å². The predicted molar refractivity (Wildman–Crippen MR) is 191 cm³/mol. The van der Waals surface area contributed by atoms with E-state index in [0.29, 0.717) is 23.2 Å². The summed E-state index contributed by atoms with van der Waals surface area (Å²) in [6.07, 6.45) is 0. The molecule has 6 aromatic carbocycles. The molecule has 4 nitrogen and oxygen atoms in total. The van der Waals surface area contributed by atoms with Gasteiger partial charge in [0, 0.05) is 22.1 Å². The zero-order valence-electron chi connectivity index (χ0n) is 26.1. The van der Waals surface area contributed by atoms with Crippen LogP contribution in [0.25, 0.3) is 72.4 Å². The molecule has 1 heterocycles. The van der Waals surface area contributed by atoms with E-state index in [1.807, 2.05) is 72.8 Å². The number of hydrogen-bond acceptors (Lipinski definition) is 3. The highest BCUT2D eigenvalue weighted by molar-refractivity contribution is 5.87. The summed E-state index contributed by atoms with van der Waals surface area (Å²) in [6.45, 7) is 12.1. The number of aromatic nitrogens is 3. The fourth-order valence-corrected chi connectivity index (χ4v) is 6.71. The molecular formula is C43H30N4. The number of fused-ring (bicyclic) bond motifs is 3. The normalized spacial score (nSPS) is 12.6. The van der Waals surface area contributed by atoms with Gasteiger partial charge in [-0.25, -0.2) is 19.8 Å². The molecule has 4 heteroatoms. The maximum Gasteiger partial charge on any atom is 0.187 e. The van der Waals surface area contributed by atoms with Crippen LogP contribution < -0.4 is 0 Å². The Bertz CT molecular complexity index is 2320. The van der Waals surface area contributed by atoms with E-state index in [4.69, 9.17) is 21.5 Å². The van der Waals surface area contributed by atoms with Crippen molar-refractivity contribution in [2.45, 2.75) is 19.3 Å². The van der Waals surface area contributed by atoms with Gasteiger partial charge in [0.25, 0.3) is 0 Å². The Kier molecular flexibility index (Phi) is 6.82. The molecule has 7 aromatic rings. The first-order chi connectivity index (χ1) is 23.0. The topological polar surface area (TPSA) is 43.0 Å². The van der Waals surface area contributed by atoms with Crippen molar-refractivity contribution >= 4 is 5.69 Å². The predicted octanol–water partition coefficient (Wildman–Crippen LogP) is 11.1. The van der Waals surface area contributed by atoms with Crippen molar-refractivity contribution in [2.24, 2.45) is 0 Å². The average molecular weight is 603 g/mol. The van der Waals surface area contributed by atoms with Crippen LogP contribution in [0.1, 0.15) is 25.0 Å². The van der Waals surface area contributed by atoms with E-state index in [1.54, 1.807) is 0 Å². The fourth-order valence-electron chi connectivity index (χ4n) is 6.71. The van der Waals surface area contributed by atoms with Gasteiger partial charge in [-0.3, -0.25) is 0 Å². The standard InChI is InChI=1S/C43H30N4/c1-43(2)38-24-22-32(26-36(38)37-27-33(44-3)23-25-39(37)43)28-18-20-31(21-19-28)41-45-40(30-14-8-5-9-15-30)46-42(47-41)35-17-11-10-16-34(35)29-12-6-4-7-13-29/h4-27H,1-2H3. The first-order valence-corrected chi connectivity index (χ1v) is 15.7. The lowest BCUT2D eigenvalue weighted by Crippen LogP contribution is -2.14. The summed E-state index contributed by atoms with van der Waals surface area (Å²) in [7, 11) is 0. The monoisotopic (exact) mass is 602 g/mol. The molecule has 0 amide bonds. The Labute approximate surface area is 274 Å². The van der Waals surface area contributed by atoms with Crippen LogP contribution in [0.5, 0.6) is 0 Å². The van der Waals surface area contributed by atoms with Gasteiger partial charge in [0.15, 0.2) is 23.2 Å². The smallest absolute Gasteiger partial charge is 0.187 e. The van der Waals surface area contributed by atoms with Crippen LogP contribution in [-0.2, 0) is 5.41 Å².